The maximum atomic E-state index is 10.6. The third kappa shape index (κ3) is 7.40. The highest BCUT2D eigenvalue weighted by Crippen LogP contribution is 2.29. The largest absolute Gasteiger partial charge is 0.497 e. The van der Waals surface area contributed by atoms with Gasteiger partial charge in [-0.05, 0) is 50.1 Å². The zero-order valence-corrected chi connectivity index (χ0v) is 20.1. The first kappa shape index (κ1) is 25.0. The van der Waals surface area contributed by atoms with E-state index in [2.05, 4.69) is 47.7 Å². The molecule has 0 saturated carbocycles. The van der Waals surface area contributed by atoms with Crippen LogP contribution in [0.1, 0.15) is 35.3 Å². The minimum absolute atomic E-state index is 0. The number of nitrogens with one attached hydrogen (secondary N) is 2. The van der Waals surface area contributed by atoms with E-state index in [-0.39, 0.29) is 24.0 Å². The average molecular weight is 513 g/mol. The lowest BCUT2D eigenvalue weighted by molar-refractivity contribution is 0.176. The van der Waals surface area contributed by atoms with Gasteiger partial charge in [-0.3, -0.25) is 0 Å². The Hall–Kier alpha value is -2.00. The number of guanidine groups is 1. The van der Waals surface area contributed by atoms with Crippen molar-refractivity contribution in [3.8, 4) is 11.5 Å². The summed E-state index contributed by atoms with van der Waals surface area (Å²) in [5.74, 6) is 1.95. The molecule has 0 heterocycles. The standard InChI is InChI=1S/C22H31N3O3.HI/c1-6-23-22(24-13-17-8-7-15(2)11-16(17)3)25-14-20(26)19-12-18(27-4)9-10-21(19)28-5;/h7-12,20,26H,6,13-14H2,1-5H3,(H2,23,24,25);1H. The normalized spacial score (nSPS) is 12.0. The van der Waals surface area contributed by atoms with Crippen LogP contribution in [0.5, 0.6) is 11.5 Å². The number of halogens is 1. The van der Waals surface area contributed by atoms with Gasteiger partial charge in [-0.2, -0.15) is 0 Å². The molecule has 0 aliphatic rings. The molecule has 0 aliphatic heterocycles. The number of aliphatic hydroxyl groups is 1. The molecule has 0 fully saturated rings. The zero-order chi connectivity index (χ0) is 20.5. The fraction of sp³-hybridized carbons (Fsp3) is 0.409. The zero-order valence-electron chi connectivity index (χ0n) is 17.8. The second-order valence-electron chi connectivity index (χ2n) is 6.63. The molecule has 2 aromatic rings. The first-order valence-electron chi connectivity index (χ1n) is 9.46. The third-order valence-corrected chi connectivity index (χ3v) is 4.51. The number of benzene rings is 2. The van der Waals surface area contributed by atoms with Crippen LogP contribution in [-0.4, -0.2) is 38.4 Å². The summed E-state index contributed by atoms with van der Waals surface area (Å²) >= 11 is 0. The van der Waals surface area contributed by atoms with Crippen molar-refractivity contribution in [1.29, 1.82) is 0 Å². The Balaban J connectivity index is 0.00000420. The van der Waals surface area contributed by atoms with E-state index in [0.717, 1.165) is 6.54 Å². The van der Waals surface area contributed by atoms with Crippen molar-refractivity contribution in [2.75, 3.05) is 27.3 Å². The summed E-state index contributed by atoms with van der Waals surface area (Å²) < 4.78 is 10.6. The van der Waals surface area contributed by atoms with Crippen LogP contribution in [0.4, 0.5) is 0 Å². The molecule has 160 valence electrons. The minimum Gasteiger partial charge on any atom is -0.497 e. The summed E-state index contributed by atoms with van der Waals surface area (Å²) in [4.78, 5) is 4.64. The number of nitrogens with zero attached hydrogens (tertiary/aromatic N) is 1. The van der Waals surface area contributed by atoms with E-state index < -0.39 is 6.10 Å². The lowest BCUT2D eigenvalue weighted by atomic mass is 10.1. The van der Waals surface area contributed by atoms with Crippen molar-refractivity contribution in [1.82, 2.24) is 10.6 Å². The molecule has 0 spiro atoms. The predicted molar refractivity (Wildman–Crippen MR) is 129 cm³/mol. The molecule has 1 unspecified atom stereocenters. The molecular formula is C22H32IN3O3. The Morgan fingerprint density at radius 1 is 1.07 bits per heavy atom. The lowest BCUT2D eigenvalue weighted by Gasteiger charge is -2.18. The van der Waals surface area contributed by atoms with Crippen LogP contribution in [0.3, 0.4) is 0 Å². The van der Waals surface area contributed by atoms with Gasteiger partial charge >= 0.3 is 0 Å². The number of hydrogen-bond donors (Lipinski definition) is 3. The second-order valence-corrected chi connectivity index (χ2v) is 6.63. The predicted octanol–water partition coefficient (Wildman–Crippen LogP) is 3.73. The van der Waals surface area contributed by atoms with Crippen molar-refractivity contribution >= 4 is 29.9 Å². The number of ether oxygens (including phenoxy) is 2. The first-order valence-corrected chi connectivity index (χ1v) is 9.46. The van der Waals surface area contributed by atoms with E-state index in [1.165, 1.54) is 16.7 Å². The van der Waals surface area contributed by atoms with Crippen LogP contribution in [0.25, 0.3) is 0 Å². The first-order chi connectivity index (χ1) is 13.5. The SMILES string of the molecule is CCNC(=NCc1ccc(C)cc1C)NCC(O)c1cc(OC)ccc1OC.I. The number of aryl methyl sites for hydroxylation is 2. The summed E-state index contributed by atoms with van der Waals surface area (Å²) in [5, 5.41) is 17.1. The third-order valence-electron chi connectivity index (χ3n) is 4.51. The van der Waals surface area contributed by atoms with Gasteiger partial charge < -0.3 is 25.2 Å². The van der Waals surface area contributed by atoms with E-state index in [9.17, 15) is 5.11 Å². The quantitative estimate of drug-likeness (QED) is 0.285. The average Bonchev–Trinajstić information content (AvgIpc) is 2.70. The monoisotopic (exact) mass is 513 g/mol. The van der Waals surface area contributed by atoms with Crippen molar-refractivity contribution < 1.29 is 14.6 Å². The number of rotatable bonds is 8. The Morgan fingerprint density at radius 3 is 2.45 bits per heavy atom. The van der Waals surface area contributed by atoms with Gasteiger partial charge in [0.05, 0.1) is 26.9 Å². The number of aliphatic hydroxyl groups excluding tert-OH is 1. The van der Waals surface area contributed by atoms with Crippen molar-refractivity contribution in [2.24, 2.45) is 4.99 Å². The van der Waals surface area contributed by atoms with Gasteiger partial charge in [-0.1, -0.05) is 23.8 Å². The van der Waals surface area contributed by atoms with Crippen LogP contribution >= 0.6 is 24.0 Å². The van der Waals surface area contributed by atoms with Crippen molar-refractivity contribution in [3.63, 3.8) is 0 Å². The van der Waals surface area contributed by atoms with E-state index in [0.29, 0.717) is 36.1 Å². The Bertz CT molecular complexity index is 812. The van der Waals surface area contributed by atoms with Crippen molar-refractivity contribution in [3.05, 3.63) is 58.7 Å². The molecule has 2 rings (SSSR count). The summed E-state index contributed by atoms with van der Waals surface area (Å²) in [6, 6.07) is 11.7. The van der Waals surface area contributed by atoms with E-state index in [1.54, 1.807) is 32.4 Å². The van der Waals surface area contributed by atoms with Gasteiger partial charge in [0, 0.05) is 18.7 Å². The topological polar surface area (TPSA) is 75.1 Å². The molecule has 0 amide bonds. The van der Waals surface area contributed by atoms with Crippen LogP contribution in [0, 0.1) is 13.8 Å². The smallest absolute Gasteiger partial charge is 0.191 e. The highest BCUT2D eigenvalue weighted by Gasteiger charge is 2.15. The summed E-state index contributed by atoms with van der Waals surface area (Å²) in [6.45, 7) is 7.78. The molecule has 3 N–H and O–H groups in total. The van der Waals surface area contributed by atoms with Gasteiger partial charge in [0.1, 0.15) is 11.5 Å². The molecule has 0 saturated heterocycles. The Kier molecular flexibility index (Phi) is 10.8. The van der Waals surface area contributed by atoms with E-state index >= 15 is 0 Å². The molecule has 2 aromatic carbocycles. The van der Waals surface area contributed by atoms with Crippen molar-refractivity contribution in [2.45, 2.75) is 33.4 Å². The maximum Gasteiger partial charge on any atom is 0.191 e. The van der Waals surface area contributed by atoms with Crippen LogP contribution in [0.2, 0.25) is 0 Å². The number of methoxy groups -OCH3 is 2. The van der Waals surface area contributed by atoms with Crippen LogP contribution in [-0.2, 0) is 6.54 Å². The highest BCUT2D eigenvalue weighted by molar-refractivity contribution is 14.0. The van der Waals surface area contributed by atoms with E-state index in [1.807, 2.05) is 6.92 Å². The van der Waals surface area contributed by atoms with Gasteiger partial charge in [0.15, 0.2) is 5.96 Å². The summed E-state index contributed by atoms with van der Waals surface area (Å²) in [7, 11) is 3.18. The molecule has 0 aromatic heterocycles. The molecule has 7 heteroatoms. The van der Waals surface area contributed by atoms with Gasteiger partial charge in [0.2, 0.25) is 0 Å². The molecular weight excluding hydrogens is 481 g/mol. The molecule has 0 aliphatic carbocycles. The minimum atomic E-state index is -0.769. The summed E-state index contributed by atoms with van der Waals surface area (Å²) in [5.41, 5.74) is 4.31. The summed E-state index contributed by atoms with van der Waals surface area (Å²) in [6.07, 6.45) is -0.769. The number of aliphatic imine (C=N–C) groups is 1. The fourth-order valence-corrected chi connectivity index (χ4v) is 2.93. The molecule has 29 heavy (non-hydrogen) atoms. The molecule has 6 nitrogen and oxygen atoms in total. The molecule has 0 radical (unpaired) electrons. The fourth-order valence-electron chi connectivity index (χ4n) is 2.93. The second kappa shape index (κ2) is 12.5. The van der Waals surface area contributed by atoms with Crippen LogP contribution < -0.4 is 20.1 Å². The maximum absolute atomic E-state index is 10.6. The number of hydrogen-bond acceptors (Lipinski definition) is 4. The van der Waals surface area contributed by atoms with Gasteiger partial charge in [-0.15, -0.1) is 24.0 Å². The highest BCUT2D eigenvalue weighted by atomic mass is 127. The van der Waals surface area contributed by atoms with Gasteiger partial charge in [-0.25, -0.2) is 4.99 Å². The molecule has 0 bridgehead atoms. The Labute approximate surface area is 190 Å². The van der Waals surface area contributed by atoms with E-state index in [4.69, 9.17) is 9.47 Å². The van der Waals surface area contributed by atoms with Gasteiger partial charge in [0.25, 0.3) is 0 Å². The molecule has 1 atom stereocenters. The lowest BCUT2D eigenvalue weighted by Crippen LogP contribution is -2.39. The Morgan fingerprint density at radius 2 is 1.83 bits per heavy atom. The van der Waals surface area contributed by atoms with Crippen LogP contribution in [0.15, 0.2) is 41.4 Å².